The molecule has 22 heavy (non-hydrogen) atoms. The van der Waals surface area contributed by atoms with E-state index >= 15 is 0 Å². The third-order valence-corrected chi connectivity index (χ3v) is 5.32. The average Bonchev–Trinajstić information content (AvgIpc) is 2.93. The topological polar surface area (TPSA) is 42.0 Å². The Bertz CT molecular complexity index is 827. The molecule has 0 aliphatic carbocycles. The minimum atomic E-state index is -0.0228. The lowest BCUT2D eigenvalue weighted by molar-refractivity contribution is -0.115. The number of hydrogen-bond donors (Lipinski definition) is 1. The molecule has 0 spiro atoms. The van der Waals surface area contributed by atoms with Gasteiger partial charge in [0.15, 0.2) is 0 Å². The number of benzene rings is 2. The maximum absolute atomic E-state index is 11.8. The van der Waals surface area contributed by atoms with Crippen LogP contribution in [-0.2, 0) is 4.79 Å². The number of amides is 1. The van der Waals surface area contributed by atoms with Crippen molar-refractivity contribution in [1.82, 2.24) is 4.98 Å². The number of carbonyl (C=O) groups excluding carboxylic acids is 1. The van der Waals surface area contributed by atoms with Crippen LogP contribution >= 0.6 is 43.2 Å². The second kappa shape index (κ2) is 6.48. The van der Waals surface area contributed by atoms with Crippen LogP contribution in [0.1, 0.15) is 13.3 Å². The minimum Gasteiger partial charge on any atom is -0.324 e. The summed E-state index contributed by atoms with van der Waals surface area (Å²) < 4.78 is 2.89. The molecule has 0 atom stereocenters. The van der Waals surface area contributed by atoms with Gasteiger partial charge in [-0.05, 0) is 40.2 Å². The normalized spacial score (nSPS) is 10.9. The Kier molecular flexibility index (Phi) is 4.61. The lowest BCUT2D eigenvalue weighted by atomic mass is 10.2. The number of hydrogen-bond acceptors (Lipinski definition) is 3. The van der Waals surface area contributed by atoms with E-state index in [0.717, 1.165) is 35.4 Å². The predicted octanol–water partition coefficient (Wildman–Crippen LogP) is 5.84. The maximum Gasteiger partial charge on any atom is 0.224 e. The van der Waals surface area contributed by atoms with Crippen molar-refractivity contribution in [1.29, 1.82) is 0 Å². The van der Waals surface area contributed by atoms with Crippen LogP contribution in [0.15, 0.2) is 45.3 Å². The average molecular weight is 440 g/mol. The molecule has 0 radical (unpaired) electrons. The number of aromatic nitrogens is 1. The summed E-state index contributed by atoms with van der Waals surface area (Å²) in [7, 11) is 0. The minimum absolute atomic E-state index is 0.0228. The molecular weight excluding hydrogens is 428 g/mol. The molecule has 6 heteroatoms. The van der Waals surface area contributed by atoms with Gasteiger partial charge in [-0.1, -0.05) is 35.0 Å². The maximum atomic E-state index is 11.8. The molecule has 3 rings (SSSR count). The van der Waals surface area contributed by atoms with Crippen LogP contribution in [-0.4, -0.2) is 10.9 Å². The molecule has 0 fully saturated rings. The Hall–Kier alpha value is -1.24. The molecule has 0 aliphatic rings. The summed E-state index contributed by atoms with van der Waals surface area (Å²) in [6.07, 6.45) is 0.432. The van der Waals surface area contributed by atoms with Gasteiger partial charge in [-0.2, -0.15) is 0 Å². The SMILES string of the molecule is CCC(=O)Nc1c(Br)cc(Br)cc1-c1nc2ccccc2s1. The van der Waals surface area contributed by atoms with Crippen molar-refractivity contribution in [2.45, 2.75) is 13.3 Å². The fourth-order valence-electron chi connectivity index (χ4n) is 2.08. The van der Waals surface area contributed by atoms with E-state index in [-0.39, 0.29) is 5.91 Å². The third kappa shape index (κ3) is 3.09. The summed E-state index contributed by atoms with van der Waals surface area (Å²) in [5.41, 5.74) is 2.63. The predicted molar refractivity (Wildman–Crippen MR) is 99.4 cm³/mol. The van der Waals surface area contributed by atoms with Crippen LogP contribution in [0.25, 0.3) is 20.8 Å². The number of nitrogens with zero attached hydrogens (tertiary/aromatic N) is 1. The van der Waals surface area contributed by atoms with Gasteiger partial charge < -0.3 is 5.32 Å². The second-order valence-corrected chi connectivity index (χ2v) is 7.50. The molecule has 1 heterocycles. The van der Waals surface area contributed by atoms with Gasteiger partial charge in [-0.25, -0.2) is 4.98 Å². The number of rotatable bonds is 3. The van der Waals surface area contributed by atoms with Gasteiger partial charge in [0.25, 0.3) is 0 Å². The van der Waals surface area contributed by atoms with Gasteiger partial charge >= 0.3 is 0 Å². The van der Waals surface area contributed by atoms with Crippen molar-refractivity contribution in [3.63, 3.8) is 0 Å². The Morgan fingerprint density at radius 3 is 2.77 bits per heavy atom. The molecule has 2 aromatic carbocycles. The van der Waals surface area contributed by atoms with Crippen molar-refractivity contribution < 1.29 is 4.79 Å². The van der Waals surface area contributed by atoms with Crippen LogP contribution in [0.5, 0.6) is 0 Å². The van der Waals surface area contributed by atoms with Crippen molar-refractivity contribution in [3.05, 3.63) is 45.3 Å². The van der Waals surface area contributed by atoms with E-state index < -0.39 is 0 Å². The van der Waals surface area contributed by atoms with Gasteiger partial charge in [0.2, 0.25) is 5.91 Å². The quantitative estimate of drug-likeness (QED) is 0.557. The van der Waals surface area contributed by atoms with E-state index in [1.165, 1.54) is 0 Å². The summed E-state index contributed by atoms with van der Waals surface area (Å²) >= 11 is 8.65. The fourth-order valence-corrected chi connectivity index (χ4v) is 4.40. The summed E-state index contributed by atoms with van der Waals surface area (Å²) in [6, 6.07) is 11.9. The molecule has 0 bridgehead atoms. The highest BCUT2D eigenvalue weighted by molar-refractivity contribution is 9.11. The zero-order valence-corrected chi connectivity index (χ0v) is 15.7. The Morgan fingerprint density at radius 1 is 1.27 bits per heavy atom. The molecule has 0 saturated heterocycles. The van der Waals surface area contributed by atoms with Crippen LogP contribution in [0.2, 0.25) is 0 Å². The Balaban J connectivity index is 2.17. The first kappa shape index (κ1) is 15.6. The van der Waals surface area contributed by atoms with E-state index in [1.807, 2.05) is 43.3 Å². The molecule has 112 valence electrons. The van der Waals surface area contributed by atoms with Gasteiger partial charge in [0.05, 0.1) is 15.9 Å². The highest BCUT2D eigenvalue weighted by Gasteiger charge is 2.16. The van der Waals surface area contributed by atoms with Crippen molar-refractivity contribution >= 4 is 65.0 Å². The Morgan fingerprint density at radius 2 is 2.05 bits per heavy atom. The molecule has 3 aromatic rings. The van der Waals surface area contributed by atoms with E-state index in [1.54, 1.807) is 11.3 Å². The van der Waals surface area contributed by atoms with Gasteiger partial charge in [-0.3, -0.25) is 4.79 Å². The molecule has 1 N–H and O–H groups in total. The number of halogens is 2. The lowest BCUT2D eigenvalue weighted by Crippen LogP contribution is -2.11. The fraction of sp³-hybridized carbons (Fsp3) is 0.125. The zero-order valence-electron chi connectivity index (χ0n) is 11.7. The zero-order chi connectivity index (χ0) is 15.7. The molecule has 1 amide bonds. The van der Waals surface area contributed by atoms with Crippen molar-refractivity contribution in [2.75, 3.05) is 5.32 Å². The number of fused-ring (bicyclic) bond motifs is 1. The molecular formula is C16H12Br2N2OS. The molecule has 0 unspecified atom stereocenters. The first-order valence-corrected chi connectivity index (χ1v) is 9.13. The van der Waals surface area contributed by atoms with Gasteiger partial charge in [0.1, 0.15) is 5.01 Å². The molecule has 3 nitrogen and oxygen atoms in total. The standard InChI is InChI=1S/C16H12Br2N2OS/c1-2-14(21)20-15-10(7-9(17)8-11(15)18)16-19-12-5-3-4-6-13(12)22-16/h3-8H,2H2,1H3,(H,20,21). The summed E-state index contributed by atoms with van der Waals surface area (Å²) in [5.74, 6) is -0.0228. The second-order valence-electron chi connectivity index (χ2n) is 4.70. The number of thiazole rings is 1. The monoisotopic (exact) mass is 438 g/mol. The van der Waals surface area contributed by atoms with E-state index in [0.29, 0.717) is 6.42 Å². The highest BCUT2D eigenvalue weighted by Crippen LogP contribution is 2.40. The van der Waals surface area contributed by atoms with Crippen molar-refractivity contribution in [3.8, 4) is 10.6 Å². The highest BCUT2D eigenvalue weighted by atomic mass is 79.9. The molecule has 0 aliphatic heterocycles. The van der Waals surface area contributed by atoms with E-state index in [2.05, 4.69) is 42.2 Å². The first-order valence-electron chi connectivity index (χ1n) is 6.73. The lowest BCUT2D eigenvalue weighted by Gasteiger charge is -2.12. The van der Waals surface area contributed by atoms with E-state index in [9.17, 15) is 4.79 Å². The largest absolute Gasteiger partial charge is 0.324 e. The van der Waals surface area contributed by atoms with Gasteiger partial charge in [-0.15, -0.1) is 11.3 Å². The van der Waals surface area contributed by atoms with Crippen molar-refractivity contribution in [2.24, 2.45) is 0 Å². The smallest absolute Gasteiger partial charge is 0.224 e. The number of para-hydroxylation sites is 1. The summed E-state index contributed by atoms with van der Waals surface area (Å²) in [5, 5.41) is 3.84. The number of nitrogens with one attached hydrogen (secondary N) is 1. The van der Waals surface area contributed by atoms with Crippen LogP contribution in [0.3, 0.4) is 0 Å². The van der Waals surface area contributed by atoms with Crippen LogP contribution in [0, 0.1) is 0 Å². The molecule has 1 aromatic heterocycles. The first-order chi connectivity index (χ1) is 10.6. The molecule has 0 saturated carbocycles. The number of carbonyl (C=O) groups is 1. The third-order valence-electron chi connectivity index (χ3n) is 3.16. The van der Waals surface area contributed by atoms with E-state index in [4.69, 9.17) is 0 Å². The summed E-state index contributed by atoms with van der Waals surface area (Å²) in [6.45, 7) is 1.83. The number of anilines is 1. The van der Waals surface area contributed by atoms with Gasteiger partial charge in [0, 0.05) is 20.9 Å². The summed E-state index contributed by atoms with van der Waals surface area (Å²) in [4.78, 5) is 16.5. The Labute approximate surface area is 149 Å². The van der Waals surface area contributed by atoms with Crippen LogP contribution < -0.4 is 5.32 Å². The van der Waals surface area contributed by atoms with Crippen LogP contribution in [0.4, 0.5) is 5.69 Å².